The summed E-state index contributed by atoms with van der Waals surface area (Å²) in [4.78, 5) is 0. The summed E-state index contributed by atoms with van der Waals surface area (Å²) in [5.41, 5.74) is 0.119. The van der Waals surface area contributed by atoms with E-state index < -0.39 is 16.0 Å². The van der Waals surface area contributed by atoms with Crippen molar-refractivity contribution in [3.63, 3.8) is 0 Å². The van der Waals surface area contributed by atoms with Gasteiger partial charge in [-0.2, -0.15) is 12.7 Å². The van der Waals surface area contributed by atoms with Crippen molar-refractivity contribution in [1.82, 2.24) is 9.62 Å². The molecule has 0 radical (unpaired) electrons. The normalized spacial score (nSPS) is 11.9. The second-order valence-electron chi connectivity index (χ2n) is 4.13. The molecule has 0 amide bonds. The molecule has 0 aliphatic carbocycles. The van der Waals surface area contributed by atoms with Gasteiger partial charge in [-0.1, -0.05) is 11.6 Å². The molecular weight excluding hydrogens is 373 g/mol. The van der Waals surface area contributed by atoms with Crippen molar-refractivity contribution in [3.8, 4) is 0 Å². The molecule has 1 aromatic rings. The Labute approximate surface area is 131 Å². The van der Waals surface area contributed by atoms with Crippen LogP contribution in [0.5, 0.6) is 0 Å². The smallest absolute Gasteiger partial charge is 0.301 e. The number of anilines is 1. The van der Waals surface area contributed by atoms with E-state index in [1.165, 1.54) is 11.4 Å². The maximum Gasteiger partial charge on any atom is 0.301 e. The highest BCUT2D eigenvalue weighted by Crippen LogP contribution is 2.32. The second-order valence-corrected chi connectivity index (χ2v) is 7.17. The van der Waals surface area contributed by atoms with Crippen molar-refractivity contribution in [1.29, 1.82) is 0 Å². The van der Waals surface area contributed by atoms with Gasteiger partial charge >= 0.3 is 10.2 Å². The molecule has 0 bridgehead atoms. The van der Waals surface area contributed by atoms with Crippen LogP contribution in [0.25, 0.3) is 0 Å². The van der Waals surface area contributed by atoms with Crippen LogP contribution >= 0.6 is 27.5 Å². The van der Waals surface area contributed by atoms with Crippen molar-refractivity contribution in [2.75, 3.05) is 31.9 Å². The summed E-state index contributed by atoms with van der Waals surface area (Å²) < 4.78 is 41.1. The lowest BCUT2D eigenvalue weighted by Crippen LogP contribution is -2.34. The number of hydrogen-bond acceptors (Lipinski definition) is 3. The molecular formula is C11H16BrClFN3O2S. The Balaban J connectivity index is 2.86. The number of nitrogens with one attached hydrogen (secondary N) is 2. The third-order valence-corrected chi connectivity index (χ3v) is 4.94. The topological polar surface area (TPSA) is 61.4 Å². The maximum absolute atomic E-state index is 13.1. The molecule has 0 aliphatic rings. The number of benzene rings is 1. The van der Waals surface area contributed by atoms with Crippen molar-refractivity contribution < 1.29 is 12.8 Å². The van der Waals surface area contributed by atoms with Crippen LogP contribution in [-0.2, 0) is 10.2 Å². The number of rotatable bonds is 7. The minimum atomic E-state index is -3.73. The molecule has 0 atom stereocenters. The highest BCUT2D eigenvalue weighted by atomic mass is 79.9. The van der Waals surface area contributed by atoms with E-state index in [1.807, 2.05) is 0 Å². The summed E-state index contributed by atoms with van der Waals surface area (Å²) in [7, 11) is -0.478. The maximum atomic E-state index is 13.1. The standard InChI is InChI=1S/C11H16BrClFN3O2S/c1-15-4-3-5-17(2)20(18,19)16-11-9(12)6-8(14)7-10(11)13/h6-7,15-16H,3-5H2,1-2H3. The van der Waals surface area contributed by atoms with Crippen LogP contribution in [0.3, 0.4) is 0 Å². The third kappa shape index (κ3) is 4.85. The van der Waals surface area contributed by atoms with Gasteiger partial charge < -0.3 is 5.32 Å². The first-order valence-electron chi connectivity index (χ1n) is 5.81. The summed E-state index contributed by atoms with van der Waals surface area (Å²) in [6, 6.07) is 2.19. The average Bonchev–Trinajstić information content (AvgIpc) is 2.34. The van der Waals surface area contributed by atoms with E-state index in [9.17, 15) is 12.8 Å². The average molecular weight is 389 g/mol. The molecule has 20 heavy (non-hydrogen) atoms. The van der Waals surface area contributed by atoms with E-state index in [0.717, 1.165) is 12.1 Å². The molecule has 0 aliphatic heterocycles. The first kappa shape index (κ1) is 17.6. The highest BCUT2D eigenvalue weighted by molar-refractivity contribution is 9.10. The molecule has 0 aromatic heterocycles. The molecule has 114 valence electrons. The summed E-state index contributed by atoms with van der Waals surface area (Å²) in [6.07, 6.45) is 0.673. The molecule has 2 N–H and O–H groups in total. The quantitative estimate of drug-likeness (QED) is 0.705. The Hall–Kier alpha value is -0.410. The molecule has 0 unspecified atom stereocenters. The Morgan fingerprint density at radius 2 is 2.10 bits per heavy atom. The SMILES string of the molecule is CNCCCN(C)S(=O)(=O)Nc1c(Cl)cc(F)cc1Br. The van der Waals surface area contributed by atoms with Gasteiger partial charge in [-0.05, 0) is 48.1 Å². The van der Waals surface area contributed by atoms with Crippen molar-refractivity contribution in [2.24, 2.45) is 0 Å². The lowest BCUT2D eigenvalue weighted by molar-refractivity contribution is 0.462. The van der Waals surface area contributed by atoms with Gasteiger partial charge in [0.15, 0.2) is 0 Å². The lowest BCUT2D eigenvalue weighted by Gasteiger charge is -2.19. The van der Waals surface area contributed by atoms with Gasteiger partial charge in [0, 0.05) is 18.1 Å². The van der Waals surface area contributed by atoms with E-state index in [-0.39, 0.29) is 15.2 Å². The monoisotopic (exact) mass is 387 g/mol. The zero-order valence-corrected chi connectivity index (χ0v) is 14.2. The number of nitrogens with zero attached hydrogens (tertiary/aromatic N) is 1. The fourth-order valence-electron chi connectivity index (χ4n) is 1.45. The van der Waals surface area contributed by atoms with Crippen molar-refractivity contribution in [3.05, 3.63) is 27.4 Å². The van der Waals surface area contributed by atoms with Crippen molar-refractivity contribution in [2.45, 2.75) is 6.42 Å². The fourth-order valence-corrected chi connectivity index (χ4v) is 3.53. The molecule has 0 saturated carbocycles. The fraction of sp³-hybridized carbons (Fsp3) is 0.455. The van der Waals surface area contributed by atoms with E-state index >= 15 is 0 Å². The molecule has 0 fully saturated rings. The van der Waals surface area contributed by atoms with Crippen LogP contribution in [0.15, 0.2) is 16.6 Å². The van der Waals surface area contributed by atoms with E-state index in [1.54, 1.807) is 7.05 Å². The van der Waals surface area contributed by atoms with Gasteiger partial charge in [0.2, 0.25) is 0 Å². The Bertz CT molecular complexity index is 548. The summed E-state index contributed by atoms with van der Waals surface area (Å²) >= 11 is 8.93. The Morgan fingerprint density at radius 1 is 1.45 bits per heavy atom. The summed E-state index contributed by atoms with van der Waals surface area (Å²) in [5, 5.41) is 2.93. The van der Waals surface area contributed by atoms with E-state index in [4.69, 9.17) is 11.6 Å². The highest BCUT2D eigenvalue weighted by Gasteiger charge is 2.20. The van der Waals surface area contributed by atoms with Crippen LogP contribution < -0.4 is 10.0 Å². The van der Waals surface area contributed by atoms with E-state index in [2.05, 4.69) is 26.0 Å². The lowest BCUT2D eigenvalue weighted by atomic mass is 10.3. The first-order chi connectivity index (χ1) is 9.27. The predicted molar refractivity (Wildman–Crippen MR) is 82.8 cm³/mol. The third-order valence-electron chi connectivity index (χ3n) is 2.55. The molecule has 0 spiro atoms. The predicted octanol–water partition coefficient (Wildman–Crippen LogP) is 2.44. The van der Waals surface area contributed by atoms with Gasteiger partial charge in [-0.25, -0.2) is 4.39 Å². The largest absolute Gasteiger partial charge is 0.320 e. The van der Waals surface area contributed by atoms with Gasteiger partial charge in [-0.15, -0.1) is 0 Å². The first-order valence-corrected chi connectivity index (χ1v) is 8.42. The molecule has 5 nitrogen and oxygen atoms in total. The van der Waals surface area contributed by atoms with Gasteiger partial charge in [0.05, 0.1) is 10.7 Å². The van der Waals surface area contributed by atoms with Crippen LogP contribution in [-0.4, -0.2) is 39.9 Å². The molecule has 9 heteroatoms. The number of hydrogen-bond donors (Lipinski definition) is 2. The van der Waals surface area contributed by atoms with Crippen LogP contribution in [0.4, 0.5) is 10.1 Å². The van der Waals surface area contributed by atoms with Gasteiger partial charge in [0.25, 0.3) is 0 Å². The zero-order chi connectivity index (χ0) is 15.3. The minimum Gasteiger partial charge on any atom is -0.320 e. The number of halogens is 3. The van der Waals surface area contributed by atoms with Gasteiger partial charge in [0.1, 0.15) is 5.82 Å². The van der Waals surface area contributed by atoms with Crippen LogP contribution in [0.1, 0.15) is 6.42 Å². The Kier molecular flexibility index (Phi) is 6.67. The van der Waals surface area contributed by atoms with Crippen molar-refractivity contribution >= 4 is 43.4 Å². The Morgan fingerprint density at radius 3 is 2.65 bits per heavy atom. The zero-order valence-electron chi connectivity index (χ0n) is 11.1. The van der Waals surface area contributed by atoms with Gasteiger partial charge in [-0.3, -0.25) is 4.72 Å². The van der Waals surface area contributed by atoms with Crippen LogP contribution in [0.2, 0.25) is 5.02 Å². The summed E-state index contributed by atoms with van der Waals surface area (Å²) in [6.45, 7) is 1.06. The molecule has 0 heterocycles. The molecule has 1 aromatic carbocycles. The molecule has 1 rings (SSSR count). The summed E-state index contributed by atoms with van der Waals surface area (Å²) in [5.74, 6) is -0.549. The molecule has 0 saturated heterocycles. The van der Waals surface area contributed by atoms with E-state index in [0.29, 0.717) is 19.5 Å². The second kappa shape index (κ2) is 7.56. The van der Waals surface area contributed by atoms with Crippen LogP contribution in [0, 0.1) is 5.82 Å². The minimum absolute atomic E-state index is 0.0101.